The summed E-state index contributed by atoms with van der Waals surface area (Å²) < 4.78 is 5.05. The second-order valence-corrected chi connectivity index (χ2v) is 7.79. The summed E-state index contributed by atoms with van der Waals surface area (Å²) in [4.78, 5) is 29.5. The lowest BCUT2D eigenvalue weighted by atomic mass is 10.1. The maximum atomic E-state index is 12.6. The number of halogens is 1. The Morgan fingerprint density at radius 1 is 1.13 bits per heavy atom. The third-order valence-corrected chi connectivity index (χ3v) is 5.71. The average Bonchev–Trinajstić information content (AvgIpc) is 3.03. The zero-order valence-corrected chi connectivity index (χ0v) is 18.1. The lowest BCUT2D eigenvalue weighted by Crippen LogP contribution is -2.14. The minimum absolute atomic E-state index is 0.0762. The van der Waals surface area contributed by atoms with Crippen molar-refractivity contribution >= 4 is 46.4 Å². The molecule has 154 valence electrons. The van der Waals surface area contributed by atoms with Crippen LogP contribution in [0.5, 0.6) is 0 Å². The van der Waals surface area contributed by atoms with E-state index in [9.17, 15) is 14.7 Å². The predicted octanol–water partition coefficient (Wildman–Crippen LogP) is 5.60. The molecular formula is C23H20ClNO4S. The van der Waals surface area contributed by atoms with Crippen LogP contribution in [0, 0.1) is 0 Å². The molecule has 0 bridgehead atoms. The number of ether oxygens (including phenoxy) is 1. The van der Waals surface area contributed by atoms with Crippen molar-refractivity contribution in [2.24, 2.45) is 4.99 Å². The van der Waals surface area contributed by atoms with Crippen molar-refractivity contribution < 1.29 is 19.4 Å². The standard InChI is InChI=1S/C23H20ClNO4S/c1-3-14-9-11-15(12-10-14)13-18-20(26)19(23(28)29-4-2)22(30-18)25-21(27)16-7-5-6-8-17(16)24/h5-13,26H,3-4H2,1-2H3/b18-13-,25-22?. The van der Waals surface area contributed by atoms with Gasteiger partial charge in [-0.05, 0) is 42.7 Å². The van der Waals surface area contributed by atoms with Crippen molar-refractivity contribution in [1.82, 2.24) is 0 Å². The summed E-state index contributed by atoms with van der Waals surface area (Å²) in [6.07, 6.45) is 2.66. The largest absolute Gasteiger partial charge is 0.506 e. The smallest absolute Gasteiger partial charge is 0.344 e. The summed E-state index contributed by atoms with van der Waals surface area (Å²) in [5.74, 6) is -1.60. The van der Waals surface area contributed by atoms with Gasteiger partial charge in [0.05, 0.1) is 22.1 Å². The van der Waals surface area contributed by atoms with E-state index in [1.165, 1.54) is 5.56 Å². The predicted molar refractivity (Wildman–Crippen MR) is 121 cm³/mol. The van der Waals surface area contributed by atoms with E-state index in [-0.39, 0.29) is 33.6 Å². The summed E-state index contributed by atoms with van der Waals surface area (Å²) in [7, 11) is 0. The molecule has 0 aliphatic carbocycles. The molecule has 0 unspecified atom stereocenters. The number of aliphatic hydroxyl groups excluding tert-OH is 1. The van der Waals surface area contributed by atoms with Crippen LogP contribution in [0.4, 0.5) is 0 Å². The topological polar surface area (TPSA) is 76.0 Å². The van der Waals surface area contributed by atoms with Gasteiger partial charge in [0, 0.05) is 0 Å². The molecule has 5 nitrogen and oxygen atoms in total. The highest BCUT2D eigenvalue weighted by atomic mass is 35.5. The fourth-order valence-corrected chi connectivity index (χ4v) is 4.01. The summed E-state index contributed by atoms with van der Waals surface area (Å²) in [6.45, 7) is 3.86. The van der Waals surface area contributed by atoms with Crippen molar-refractivity contribution in [1.29, 1.82) is 0 Å². The van der Waals surface area contributed by atoms with Gasteiger partial charge >= 0.3 is 5.97 Å². The molecule has 3 rings (SSSR count). The van der Waals surface area contributed by atoms with Gasteiger partial charge in [-0.25, -0.2) is 9.79 Å². The van der Waals surface area contributed by atoms with E-state index in [1.807, 2.05) is 24.3 Å². The lowest BCUT2D eigenvalue weighted by Gasteiger charge is -2.04. The number of nitrogens with zero attached hydrogens (tertiary/aromatic N) is 1. The molecule has 1 aliphatic rings. The van der Waals surface area contributed by atoms with E-state index >= 15 is 0 Å². The second-order valence-electron chi connectivity index (χ2n) is 6.35. The number of aliphatic hydroxyl groups is 1. The van der Waals surface area contributed by atoms with Gasteiger partial charge in [-0.3, -0.25) is 4.79 Å². The van der Waals surface area contributed by atoms with Crippen LogP contribution in [-0.2, 0) is 16.0 Å². The minimum atomic E-state index is -0.738. The van der Waals surface area contributed by atoms with Crippen molar-refractivity contribution in [3.05, 3.63) is 86.5 Å². The van der Waals surface area contributed by atoms with Gasteiger partial charge in [0.15, 0.2) is 0 Å². The molecule has 1 N–H and O–H groups in total. The average molecular weight is 442 g/mol. The molecule has 1 aliphatic heterocycles. The number of hydrogen-bond acceptors (Lipinski definition) is 5. The SMILES string of the molecule is CCOC(=O)C1=C(O)/C(=C/c2ccc(CC)cc2)SC1=NC(=O)c1ccccc1Cl. The Bertz CT molecular complexity index is 1070. The van der Waals surface area contributed by atoms with Gasteiger partial charge in [-0.15, -0.1) is 0 Å². The van der Waals surface area contributed by atoms with Crippen molar-refractivity contribution in [3.8, 4) is 0 Å². The Morgan fingerprint density at radius 3 is 2.47 bits per heavy atom. The van der Waals surface area contributed by atoms with E-state index in [1.54, 1.807) is 37.3 Å². The fourth-order valence-electron chi connectivity index (χ4n) is 2.78. The number of carbonyl (C=O) groups excluding carboxylic acids is 2. The number of amides is 1. The molecule has 0 spiro atoms. The second kappa shape index (κ2) is 9.78. The third-order valence-electron chi connectivity index (χ3n) is 4.36. The molecule has 0 aromatic heterocycles. The first-order valence-corrected chi connectivity index (χ1v) is 10.6. The third kappa shape index (κ3) is 4.83. The molecule has 2 aromatic carbocycles. The molecule has 1 amide bonds. The summed E-state index contributed by atoms with van der Waals surface area (Å²) in [5.41, 5.74) is 2.13. The zero-order chi connectivity index (χ0) is 21.7. The van der Waals surface area contributed by atoms with Gasteiger partial charge < -0.3 is 9.84 Å². The normalized spacial score (nSPS) is 16.4. The lowest BCUT2D eigenvalue weighted by molar-refractivity contribution is -0.138. The number of rotatable bonds is 5. The van der Waals surface area contributed by atoms with Crippen LogP contribution in [0.25, 0.3) is 6.08 Å². The van der Waals surface area contributed by atoms with Gasteiger partial charge in [0.1, 0.15) is 16.4 Å². The zero-order valence-electron chi connectivity index (χ0n) is 16.5. The number of benzene rings is 2. The van der Waals surface area contributed by atoms with Crippen LogP contribution in [-0.4, -0.2) is 28.6 Å². The quantitative estimate of drug-likeness (QED) is 0.611. The summed E-state index contributed by atoms with van der Waals surface area (Å²) >= 11 is 7.12. The monoisotopic (exact) mass is 441 g/mol. The van der Waals surface area contributed by atoms with E-state index in [4.69, 9.17) is 16.3 Å². The van der Waals surface area contributed by atoms with E-state index in [2.05, 4.69) is 11.9 Å². The molecule has 0 saturated carbocycles. The fraction of sp³-hybridized carbons (Fsp3) is 0.174. The van der Waals surface area contributed by atoms with E-state index in [0.717, 1.165) is 23.7 Å². The highest BCUT2D eigenvalue weighted by Gasteiger charge is 2.34. The Hall–Kier alpha value is -2.83. The molecule has 1 heterocycles. The van der Waals surface area contributed by atoms with Crippen LogP contribution in [0.3, 0.4) is 0 Å². The Kier molecular flexibility index (Phi) is 7.13. The molecule has 0 saturated heterocycles. The summed E-state index contributed by atoms with van der Waals surface area (Å²) in [6, 6.07) is 14.4. The highest BCUT2D eigenvalue weighted by molar-refractivity contribution is 8.18. The first-order chi connectivity index (χ1) is 14.4. The number of carbonyl (C=O) groups is 2. The molecule has 30 heavy (non-hydrogen) atoms. The van der Waals surface area contributed by atoms with Crippen LogP contribution >= 0.6 is 23.4 Å². The van der Waals surface area contributed by atoms with Crippen molar-refractivity contribution in [2.75, 3.05) is 6.61 Å². The van der Waals surface area contributed by atoms with Gasteiger partial charge in [-0.1, -0.05) is 66.7 Å². The maximum absolute atomic E-state index is 12.6. The Balaban J connectivity index is 2.00. The summed E-state index contributed by atoms with van der Waals surface area (Å²) in [5, 5.41) is 11.0. The molecule has 7 heteroatoms. The van der Waals surface area contributed by atoms with Crippen LogP contribution in [0.1, 0.15) is 35.3 Å². The van der Waals surface area contributed by atoms with Gasteiger partial charge in [-0.2, -0.15) is 0 Å². The van der Waals surface area contributed by atoms with Crippen LogP contribution in [0.2, 0.25) is 5.02 Å². The Morgan fingerprint density at radius 2 is 1.83 bits per heavy atom. The van der Waals surface area contributed by atoms with Gasteiger partial charge in [0.25, 0.3) is 5.91 Å². The first-order valence-electron chi connectivity index (χ1n) is 9.41. The van der Waals surface area contributed by atoms with E-state index in [0.29, 0.717) is 4.91 Å². The molecular weight excluding hydrogens is 422 g/mol. The Labute approximate surface area is 184 Å². The van der Waals surface area contributed by atoms with Crippen molar-refractivity contribution in [2.45, 2.75) is 20.3 Å². The molecule has 0 fully saturated rings. The number of aliphatic imine (C=N–C) groups is 1. The van der Waals surface area contributed by atoms with E-state index < -0.39 is 11.9 Å². The number of hydrogen-bond donors (Lipinski definition) is 1. The van der Waals surface area contributed by atoms with Crippen molar-refractivity contribution in [3.63, 3.8) is 0 Å². The number of aryl methyl sites for hydroxylation is 1. The number of esters is 1. The first kappa shape index (κ1) is 21.9. The number of thioether (sulfide) groups is 1. The van der Waals surface area contributed by atoms with Crippen LogP contribution < -0.4 is 0 Å². The maximum Gasteiger partial charge on any atom is 0.344 e. The molecule has 0 atom stereocenters. The van der Waals surface area contributed by atoms with Crippen LogP contribution in [0.15, 0.2) is 69.8 Å². The molecule has 0 radical (unpaired) electrons. The highest BCUT2D eigenvalue weighted by Crippen LogP contribution is 2.39. The van der Waals surface area contributed by atoms with Gasteiger partial charge in [0.2, 0.25) is 0 Å². The molecule has 2 aromatic rings. The minimum Gasteiger partial charge on any atom is -0.506 e.